The Bertz CT molecular complexity index is 1120. The zero-order valence-corrected chi connectivity index (χ0v) is 15.6. The van der Waals surface area contributed by atoms with E-state index in [-0.39, 0.29) is 11.6 Å². The Balaban J connectivity index is 1.58. The summed E-state index contributed by atoms with van der Waals surface area (Å²) in [6, 6.07) is 8.87. The number of nitrogens with one attached hydrogen (secondary N) is 1. The Kier molecular flexibility index (Phi) is 4.41. The second-order valence-electron chi connectivity index (χ2n) is 6.01. The number of benzene rings is 1. The quantitative estimate of drug-likeness (QED) is 0.455. The molecule has 4 aromatic rings. The van der Waals surface area contributed by atoms with Crippen LogP contribution in [-0.2, 0) is 5.75 Å². The number of rotatable bonds is 5. The zero-order chi connectivity index (χ0) is 19.0. The number of ether oxygens (including phenoxy) is 1. The van der Waals surface area contributed by atoms with Crippen molar-refractivity contribution in [3.63, 3.8) is 0 Å². The van der Waals surface area contributed by atoms with E-state index in [4.69, 9.17) is 4.74 Å². The number of methoxy groups -OCH3 is 1. The minimum Gasteiger partial charge on any atom is -0.503 e. The lowest BCUT2D eigenvalue weighted by Crippen LogP contribution is -1.95. The molecular formula is C19H18N4O3S. The van der Waals surface area contributed by atoms with Crippen molar-refractivity contribution in [2.24, 2.45) is 0 Å². The SMILES string of the molecule is COc1ccnc(CSc2nc3ccc(-n4ccc(O)c4O)cc3[nH]2)c1C. The lowest BCUT2D eigenvalue weighted by molar-refractivity contribution is 0.387. The number of aromatic nitrogens is 4. The van der Waals surface area contributed by atoms with Gasteiger partial charge in [-0.2, -0.15) is 0 Å². The molecular weight excluding hydrogens is 364 g/mol. The largest absolute Gasteiger partial charge is 0.503 e. The number of hydrogen-bond acceptors (Lipinski definition) is 6. The van der Waals surface area contributed by atoms with Crippen LogP contribution in [0.2, 0.25) is 0 Å². The number of fused-ring (bicyclic) bond motifs is 1. The molecule has 0 bridgehead atoms. The van der Waals surface area contributed by atoms with Crippen molar-refractivity contribution in [2.75, 3.05) is 7.11 Å². The van der Waals surface area contributed by atoms with Gasteiger partial charge in [-0.1, -0.05) is 11.8 Å². The van der Waals surface area contributed by atoms with Crippen molar-refractivity contribution in [3.05, 3.63) is 54.0 Å². The molecule has 0 aliphatic carbocycles. The van der Waals surface area contributed by atoms with E-state index in [1.807, 2.05) is 31.2 Å². The van der Waals surface area contributed by atoms with Gasteiger partial charge in [0.25, 0.3) is 0 Å². The number of nitrogens with zero attached hydrogens (tertiary/aromatic N) is 3. The van der Waals surface area contributed by atoms with Crippen LogP contribution in [0.5, 0.6) is 17.4 Å². The topological polar surface area (TPSA) is 96.2 Å². The highest BCUT2D eigenvalue weighted by Crippen LogP contribution is 2.31. The highest BCUT2D eigenvalue weighted by Gasteiger charge is 2.11. The van der Waals surface area contributed by atoms with Crippen molar-refractivity contribution < 1.29 is 14.9 Å². The van der Waals surface area contributed by atoms with Gasteiger partial charge in [0.2, 0.25) is 5.88 Å². The normalized spacial score (nSPS) is 11.2. The molecule has 0 unspecified atom stereocenters. The monoisotopic (exact) mass is 382 g/mol. The van der Waals surface area contributed by atoms with Crippen LogP contribution >= 0.6 is 11.8 Å². The summed E-state index contributed by atoms with van der Waals surface area (Å²) in [4.78, 5) is 12.3. The molecule has 8 heteroatoms. The summed E-state index contributed by atoms with van der Waals surface area (Å²) in [7, 11) is 1.65. The number of aromatic hydroxyl groups is 2. The van der Waals surface area contributed by atoms with Crippen LogP contribution in [-0.4, -0.2) is 36.8 Å². The highest BCUT2D eigenvalue weighted by molar-refractivity contribution is 7.98. The van der Waals surface area contributed by atoms with Crippen LogP contribution in [0.4, 0.5) is 0 Å². The molecule has 0 radical (unpaired) electrons. The summed E-state index contributed by atoms with van der Waals surface area (Å²) < 4.78 is 6.84. The van der Waals surface area contributed by atoms with Crippen molar-refractivity contribution in [1.29, 1.82) is 0 Å². The molecule has 0 atom stereocenters. The van der Waals surface area contributed by atoms with Gasteiger partial charge in [0.1, 0.15) is 5.75 Å². The van der Waals surface area contributed by atoms with E-state index in [2.05, 4.69) is 15.0 Å². The second-order valence-corrected chi connectivity index (χ2v) is 6.98. The minimum atomic E-state index is -0.192. The molecule has 27 heavy (non-hydrogen) atoms. The Morgan fingerprint density at radius 1 is 1.22 bits per heavy atom. The number of pyridine rings is 1. The predicted octanol–water partition coefficient (Wildman–Crippen LogP) is 3.77. The Morgan fingerprint density at radius 3 is 2.81 bits per heavy atom. The molecule has 0 saturated heterocycles. The summed E-state index contributed by atoms with van der Waals surface area (Å²) in [5, 5.41) is 20.2. The maximum atomic E-state index is 9.91. The standard InChI is InChI=1S/C19H18N4O3S/c1-11-15(20-7-5-17(11)26-2)10-27-19-21-13-4-3-12(9-14(13)22-19)23-8-6-16(24)18(23)25/h3-9,24-25H,10H2,1-2H3,(H,21,22). The van der Waals surface area contributed by atoms with E-state index < -0.39 is 0 Å². The molecule has 0 amide bonds. The molecule has 4 rings (SSSR count). The Morgan fingerprint density at radius 2 is 2.07 bits per heavy atom. The Hall–Kier alpha value is -3.13. The third-order valence-corrected chi connectivity index (χ3v) is 5.27. The van der Waals surface area contributed by atoms with Crippen LogP contribution in [0.25, 0.3) is 16.7 Å². The van der Waals surface area contributed by atoms with Gasteiger partial charge >= 0.3 is 0 Å². The first-order valence-electron chi connectivity index (χ1n) is 8.27. The maximum absolute atomic E-state index is 9.91. The fraction of sp³-hybridized carbons (Fsp3) is 0.158. The average molecular weight is 382 g/mol. The van der Waals surface area contributed by atoms with Crippen molar-refractivity contribution >= 4 is 22.8 Å². The molecule has 0 fully saturated rings. The molecule has 1 aromatic carbocycles. The molecule has 0 saturated carbocycles. The predicted molar refractivity (Wildman–Crippen MR) is 104 cm³/mol. The molecule has 0 spiro atoms. The highest BCUT2D eigenvalue weighted by atomic mass is 32.2. The second kappa shape index (κ2) is 6.88. The zero-order valence-electron chi connectivity index (χ0n) is 14.8. The molecule has 3 heterocycles. The van der Waals surface area contributed by atoms with E-state index in [1.165, 1.54) is 10.6 Å². The van der Waals surface area contributed by atoms with Gasteiger partial charge in [0.15, 0.2) is 10.9 Å². The van der Waals surface area contributed by atoms with Gasteiger partial charge in [-0.3, -0.25) is 9.55 Å². The number of hydrogen-bond donors (Lipinski definition) is 3. The first-order valence-corrected chi connectivity index (χ1v) is 9.26. The van der Waals surface area contributed by atoms with E-state index in [0.717, 1.165) is 38.9 Å². The third-order valence-electron chi connectivity index (χ3n) is 4.38. The molecule has 138 valence electrons. The lowest BCUT2D eigenvalue weighted by Gasteiger charge is -2.08. The van der Waals surface area contributed by atoms with Crippen LogP contribution < -0.4 is 4.74 Å². The van der Waals surface area contributed by atoms with Crippen LogP contribution in [0.3, 0.4) is 0 Å². The first-order chi connectivity index (χ1) is 13.1. The number of H-pyrrole nitrogens is 1. The van der Waals surface area contributed by atoms with E-state index >= 15 is 0 Å². The summed E-state index contributed by atoms with van der Waals surface area (Å²) >= 11 is 1.56. The van der Waals surface area contributed by atoms with Crippen molar-refractivity contribution in [3.8, 4) is 23.1 Å². The van der Waals surface area contributed by atoms with Crippen LogP contribution in [0, 0.1) is 6.92 Å². The van der Waals surface area contributed by atoms with Gasteiger partial charge in [0.05, 0.1) is 29.5 Å². The molecule has 3 aromatic heterocycles. The summed E-state index contributed by atoms with van der Waals surface area (Å²) in [5.41, 5.74) is 4.37. The smallest absolute Gasteiger partial charge is 0.239 e. The van der Waals surface area contributed by atoms with Crippen molar-refractivity contribution in [1.82, 2.24) is 19.5 Å². The number of aromatic amines is 1. The average Bonchev–Trinajstić information content (AvgIpc) is 3.23. The minimum absolute atomic E-state index is 0.155. The molecule has 0 aliphatic heterocycles. The van der Waals surface area contributed by atoms with Crippen molar-refractivity contribution in [2.45, 2.75) is 17.8 Å². The molecule has 0 aliphatic rings. The fourth-order valence-corrected chi connectivity index (χ4v) is 3.79. The van der Waals surface area contributed by atoms with Crippen LogP contribution in [0.15, 0.2) is 47.9 Å². The van der Waals surface area contributed by atoms with Gasteiger partial charge in [-0.15, -0.1) is 0 Å². The fourth-order valence-electron chi connectivity index (χ4n) is 2.88. The van der Waals surface area contributed by atoms with Gasteiger partial charge < -0.3 is 19.9 Å². The molecule has 7 nitrogen and oxygen atoms in total. The van der Waals surface area contributed by atoms with Crippen LogP contribution in [0.1, 0.15) is 11.3 Å². The summed E-state index contributed by atoms with van der Waals surface area (Å²) in [5.74, 6) is 1.15. The lowest BCUT2D eigenvalue weighted by atomic mass is 10.2. The maximum Gasteiger partial charge on any atom is 0.239 e. The summed E-state index contributed by atoms with van der Waals surface area (Å²) in [6.07, 6.45) is 3.35. The molecule has 3 N–H and O–H groups in total. The number of thioether (sulfide) groups is 1. The van der Waals surface area contributed by atoms with Gasteiger partial charge in [0, 0.05) is 29.8 Å². The summed E-state index contributed by atoms with van der Waals surface area (Å²) in [6.45, 7) is 1.99. The van der Waals surface area contributed by atoms with Gasteiger partial charge in [-0.25, -0.2) is 4.98 Å². The van der Waals surface area contributed by atoms with E-state index in [0.29, 0.717) is 5.75 Å². The Labute approximate surface area is 159 Å². The van der Waals surface area contributed by atoms with E-state index in [9.17, 15) is 10.2 Å². The first kappa shape index (κ1) is 17.3. The van der Waals surface area contributed by atoms with E-state index in [1.54, 1.807) is 31.3 Å². The third kappa shape index (κ3) is 3.19. The van der Waals surface area contributed by atoms with Gasteiger partial charge in [-0.05, 0) is 31.2 Å². The number of imidazole rings is 1.